The van der Waals surface area contributed by atoms with Crippen LogP contribution in [0.1, 0.15) is 24.2 Å². The van der Waals surface area contributed by atoms with Crippen molar-refractivity contribution in [3.8, 4) is 0 Å². The second kappa shape index (κ2) is 10.2. The molecule has 0 aliphatic rings. The third kappa shape index (κ3) is 6.34. The highest BCUT2D eigenvalue weighted by atomic mass is 79.9. The van der Waals surface area contributed by atoms with E-state index in [9.17, 15) is 4.79 Å². The van der Waals surface area contributed by atoms with Crippen molar-refractivity contribution in [1.82, 2.24) is 4.90 Å². The molecule has 118 valence electrons. The molecule has 1 amide bonds. The van der Waals surface area contributed by atoms with Gasteiger partial charge in [0, 0.05) is 35.8 Å². The van der Waals surface area contributed by atoms with Crippen molar-refractivity contribution in [2.75, 3.05) is 39.5 Å². The van der Waals surface area contributed by atoms with Crippen LogP contribution in [-0.4, -0.2) is 50.3 Å². The van der Waals surface area contributed by atoms with E-state index in [2.05, 4.69) is 15.9 Å². The number of nitrogens with zero attached hydrogens (tertiary/aromatic N) is 1. The van der Waals surface area contributed by atoms with Crippen LogP contribution in [0.4, 0.5) is 0 Å². The Hall–Kier alpha value is -0.620. The van der Waals surface area contributed by atoms with E-state index >= 15 is 0 Å². The smallest absolute Gasteiger partial charge is 0.255 e. The summed E-state index contributed by atoms with van der Waals surface area (Å²) in [4.78, 5) is 14.4. The Kier molecular flexibility index (Phi) is 8.92. The van der Waals surface area contributed by atoms with Crippen molar-refractivity contribution >= 4 is 33.4 Å². The predicted octanol–water partition coefficient (Wildman–Crippen LogP) is 3.62. The first-order chi connectivity index (χ1) is 10.1. The first-order valence-corrected chi connectivity index (χ1v) is 8.17. The molecule has 0 atom stereocenters. The summed E-state index contributed by atoms with van der Waals surface area (Å²) >= 11 is 9.37. The van der Waals surface area contributed by atoms with Gasteiger partial charge in [-0.1, -0.05) is 11.6 Å². The SMILES string of the molecule is CCOCCN(CCOCC)C(=O)c1cc(Cl)ccc1Br. The lowest BCUT2D eigenvalue weighted by atomic mass is 10.2. The van der Waals surface area contributed by atoms with E-state index in [1.807, 2.05) is 13.8 Å². The lowest BCUT2D eigenvalue weighted by Crippen LogP contribution is -2.37. The zero-order valence-corrected chi connectivity index (χ0v) is 14.7. The number of rotatable bonds is 9. The van der Waals surface area contributed by atoms with Crippen LogP contribution in [0.2, 0.25) is 5.02 Å². The van der Waals surface area contributed by atoms with E-state index in [0.717, 1.165) is 4.47 Å². The molecule has 0 bridgehead atoms. The highest BCUT2D eigenvalue weighted by Gasteiger charge is 2.18. The average molecular weight is 379 g/mol. The first kappa shape index (κ1) is 18.4. The van der Waals surface area contributed by atoms with E-state index in [4.69, 9.17) is 21.1 Å². The summed E-state index contributed by atoms with van der Waals surface area (Å²) in [6, 6.07) is 5.19. The van der Waals surface area contributed by atoms with Crippen molar-refractivity contribution in [3.63, 3.8) is 0 Å². The van der Waals surface area contributed by atoms with E-state index in [1.165, 1.54) is 0 Å². The Bertz CT molecular complexity index is 447. The normalized spacial score (nSPS) is 10.7. The standard InChI is InChI=1S/C15H21BrClNO3/c1-3-20-9-7-18(8-10-21-4-2)15(19)13-11-12(17)5-6-14(13)16/h5-6,11H,3-4,7-10H2,1-2H3. The summed E-state index contributed by atoms with van der Waals surface area (Å²) in [7, 11) is 0. The van der Waals surface area contributed by atoms with Crippen molar-refractivity contribution in [2.45, 2.75) is 13.8 Å². The summed E-state index contributed by atoms with van der Waals surface area (Å²) in [5, 5.41) is 0.538. The van der Waals surface area contributed by atoms with Gasteiger partial charge in [0.15, 0.2) is 0 Å². The van der Waals surface area contributed by atoms with Crippen molar-refractivity contribution in [3.05, 3.63) is 33.3 Å². The second-order valence-electron chi connectivity index (χ2n) is 4.31. The molecular weight excluding hydrogens is 358 g/mol. The molecule has 0 saturated heterocycles. The molecule has 0 aromatic heterocycles. The van der Waals surface area contributed by atoms with Crippen LogP contribution in [0.5, 0.6) is 0 Å². The van der Waals surface area contributed by atoms with E-state index in [1.54, 1.807) is 23.1 Å². The van der Waals surface area contributed by atoms with Crippen LogP contribution in [0.3, 0.4) is 0 Å². The van der Waals surface area contributed by atoms with Gasteiger partial charge in [-0.25, -0.2) is 0 Å². The van der Waals surface area contributed by atoms with Crippen LogP contribution in [0.25, 0.3) is 0 Å². The maximum atomic E-state index is 12.6. The highest BCUT2D eigenvalue weighted by molar-refractivity contribution is 9.10. The topological polar surface area (TPSA) is 38.8 Å². The number of amides is 1. The van der Waals surface area contributed by atoms with Crippen LogP contribution in [-0.2, 0) is 9.47 Å². The number of halogens is 2. The molecular formula is C15H21BrClNO3. The molecule has 1 aromatic carbocycles. The highest BCUT2D eigenvalue weighted by Crippen LogP contribution is 2.22. The van der Waals surface area contributed by atoms with Gasteiger partial charge in [0.1, 0.15) is 0 Å². The molecule has 0 saturated carbocycles. The van der Waals surface area contributed by atoms with Crippen LogP contribution in [0.15, 0.2) is 22.7 Å². The molecule has 0 heterocycles. The lowest BCUT2D eigenvalue weighted by molar-refractivity contribution is 0.0549. The molecule has 1 rings (SSSR count). The van der Waals surface area contributed by atoms with Crippen LogP contribution < -0.4 is 0 Å². The molecule has 0 fully saturated rings. The van der Waals surface area contributed by atoms with Gasteiger partial charge in [-0.3, -0.25) is 4.79 Å². The fraction of sp³-hybridized carbons (Fsp3) is 0.533. The first-order valence-electron chi connectivity index (χ1n) is 7.00. The summed E-state index contributed by atoms with van der Waals surface area (Å²) in [6.45, 7) is 7.19. The third-order valence-electron chi connectivity index (χ3n) is 2.87. The number of hydrogen-bond acceptors (Lipinski definition) is 3. The molecule has 0 aliphatic carbocycles. The molecule has 0 N–H and O–H groups in total. The largest absolute Gasteiger partial charge is 0.380 e. The Labute approximate surface area is 139 Å². The fourth-order valence-corrected chi connectivity index (χ4v) is 2.37. The quantitative estimate of drug-likeness (QED) is 0.616. The molecule has 0 spiro atoms. The van der Waals surface area contributed by atoms with Crippen molar-refractivity contribution < 1.29 is 14.3 Å². The van der Waals surface area contributed by atoms with Gasteiger partial charge < -0.3 is 14.4 Å². The minimum Gasteiger partial charge on any atom is -0.380 e. The Morgan fingerprint density at radius 2 is 1.76 bits per heavy atom. The van der Waals surface area contributed by atoms with Gasteiger partial charge >= 0.3 is 0 Å². The summed E-state index contributed by atoms with van der Waals surface area (Å²) < 4.78 is 11.4. The molecule has 0 unspecified atom stereocenters. The maximum absolute atomic E-state index is 12.6. The summed E-state index contributed by atoms with van der Waals surface area (Å²) in [5.41, 5.74) is 0.551. The maximum Gasteiger partial charge on any atom is 0.255 e. The molecule has 6 heteroatoms. The number of carbonyl (C=O) groups is 1. The van der Waals surface area contributed by atoms with Crippen molar-refractivity contribution in [1.29, 1.82) is 0 Å². The van der Waals surface area contributed by atoms with Crippen LogP contribution >= 0.6 is 27.5 Å². The minimum absolute atomic E-state index is 0.0798. The van der Waals surface area contributed by atoms with Crippen LogP contribution in [0, 0.1) is 0 Å². The minimum atomic E-state index is -0.0798. The van der Waals surface area contributed by atoms with Gasteiger partial charge in [0.05, 0.1) is 18.8 Å². The fourth-order valence-electron chi connectivity index (χ4n) is 1.78. The number of benzene rings is 1. The molecule has 0 aliphatic heterocycles. The Morgan fingerprint density at radius 3 is 2.29 bits per heavy atom. The van der Waals surface area contributed by atoms with E-state index < -0.39 is 0 Å². The third-order valence-corrected chi connectivity index (χ3v) is 3.79. The Morgan fingerprint density at radius 1 is 1.19 bits per heavy atom. The number of hydrogen-bond donors (Lipinski definition) is 0. The molecule has 0 radical (unpaired) electrons. The summed E-state index contributed by atoms with van der Waals surface area (Å²) in [6.07, 6.45) is 0. The molecule has 21 heavy (non-hydrogen) atoms. The average Bonchev–Trinajstić information content (AvgIpc) is 2.48. The Balaban J connectivity index is 2.79. The number of carbonyl (C=O) groups excluding carboxylic acids is 1. The van der Waals surface area contributed by atoms with Gasteiger partial charge in [-0.05, 0) is 48.0 Å². The predicted molar refractivity (Wildman–Crippen MR) is 88.0 cm³/mol. The lowest BCUT2D eigenvalue weighted by Gasteiger charge is -2.23. The van der Waals surface area contributed by atoms with Gasteiger partial charge in [-0.2, -0.15) is 0 Å². The summed E-state index contributed by atoms with van der Waals surface area (Å²) in [5.74, 6) is -0.0798. The monoisotopic (exact) mass is 377 g/mol. The van der Waals surface area contributed by atoms with Gasteiger partial charge in [-0.15, -0.1) is 0 Å². The van der Waals surface area contributed by atoms with E-state index in [-0.39, 0.29) is 5.91 Å². The number of ether oxygens (including phenoxy) is 2. The zero-order chi connectivity index (χ0) is 15.7. The van der Waals surface area contributed by atoms with Crippen molar-refractivity contribution in [2.24, 2.45) is 0 Å². The van der Waals surface area contributed by atoms with Gasteiger partial charge in [0.25, 0.3) is 5.91 Å². The van der Waals surface area contributed by atoms with E-state index in [0.29, 0.717) is 50.1 Å². The molecule has 1 aromatic rings. The van der Waals surface area contributed by atoms with Gasteiger partial charge in [0.2, 0.25) is 0 Å². The second-order valence-corrected chi connectivity index (χ2v) is 5.60. The molecule has 4 nitrogen and oxygen atoms in total. The zero-order valence-electron chi connectivity index (χ0n) is 12.4.